The number of carbonyl (C=O) groups excluding carboxylic acids is 2. The molecule has 5 nitrogen and oxygen atoms in total. The van der Waals surface area contributed by atoms with Crippen LogP contribution in [0.15, 0.2) is 23.2 Å². The second-order valence-electron chi connectivity index (χ2n) is 4.34. The molecule has 2 rings (SSSR count). The zero-order chi connectivity index (χ0) is 16.5. The first-order valence-corrected chi connectivity index (χ1v) is 7.14. The first-order valence-electron chi connectivity index (χ1n) is 5.88. The molecule has 0 aromatic heterocycles. The quantitative estimate of drug-likeness (QED) is 0.876. The normalized spacial score (nSPS) is 18.3. The third kappa shape index (κ3) is 3.92. The Hall–Kier alpha value is -1.74. The van der Waals surface area contributed by atoms with E-state index < -0.39 is 28.8 Å². The summed E-state index contributed by atoms with van der Waals surface area (Å²) in [5.74, 6) is -1.20. The van der Waals surface area contributed by atoms with Gasteiger partial charge in [0.05, 0.1) is 16.3 Å². The summed E-state index contributed by atoms with van der Waals surface area (Å²) in [7, 11) is 0. The Balaban J connectivity index is 2.07. The minimum absolute atomic E-state index is 0.0393. The molecule has 0 fully saturated rings. The number of alkyl halides is 3. The van der Waals surface area contributed by atoms with Crippen molar-refractivity contribution in [3.05, 3.63) is 28.8 Å². The summed E-state index contributed by atoms with van der Waals surface area (Å²) in [6.45, 7) is 0. The Kier molecular flexibility index (Phi) is 4.66. The Morgan fingerprint density at radius 1 is 1.45 bits per heavy atom. The largest absolute Gasteiger partial charge is 0.416 e. The van der Waals surface area contributed by atoms with E-state index in [4.69, 9.17) is 17.3 Å². The van der Waals surface area contributed by atoms with Gasteiger partial charge in [0.25, 0.3) is 5.91 Å². The van der Waals surface area contributed by atoms with Crippen LogP contribution in [-0.2, 0) is 15.8 Å². The van der Waals surface area contributed by atoms with E-state index in [1.807, 2.05) is 0 Å². The SMILES string of the molecule is NC1=NC(=O)[C@H](CC(=O)Nc2cc(C(F)(F)F)ccc2Cl)S1. The Morgan fingerprint density at radius 3 is 2.68 bits per heavy atom. The maximum absolute atomic E-state index is 12.6. The molecule has 1 heterocycles. The van der Waals surface area contributed by atoms with E-state index in [1.165, 1.54) is 0 Å². The molecule has 0 spiro atoms. The molecule has 0 unspecified atom stereocenters. The van der Waals surface area contributed by atoms with Crippen molar-refractivity contribution in [3.63, 3.8) is 0 Å². The van der Waals surface area contributed by atoms with Crippen LogP contribution >= 0.6 is 23.4 Å². The van der Waals surface area contributed by atoms with E-state index in [1.54, 1.807) is 0 Å². The van der Waals surface area contributed by atoms with Crippen molar-refractivity contribution in [2.45, 2.75) is 17.8 Å². The predicted octanol–water partition coefficient (Wildman–Crippen LogP) is 2.64. The molecule has 0 radical (unpaired) electrons. The highest BCUT2D eigenvalue weighted by Crippen LogP contribution is 2.34. The summed E-state index contributed by atoms with van der Waals surface area (Å²) in [6, 6.07) is 2.58. The minimum Gasteiger partial charge on any atom is -0.378 e. The molecule has 2 amide bonds. The number of nitrogens with zero attached hydrogens (tertiary/aromatic N) is 1. The van der Waals surface area contributed by atoms with Crippen molar-refractivity contribution in [2.75, 3.05) is 5.32 Å². The number of anilines is 1. The summed E-state index contributed by atoms with van der Waals surface area (Å²) in [6.07, 6.45) is -4.82. The van der Waals surface area contributed by atoms with Gasteiger partial charge in [0.1, 0.15) is 5.25 Å². The number of nitrogens with two attached hydrogens (primary N) is 1. The zero-order valence-electron chi connectivity index (χ0n) is 10.8. The number of carbonyl (C=O) groups is 2. The minimum atomic E-state index is -4.55. The van der Waals surface area contributed by atoms with Crippen molar-refractivity contribution < 1.29 is 22.8 Å². The molecule has 22 heavy (non-hydrogen) atoms. The molecule has 0 aliphatic carbocycles. The highest BCUT2D eigenvalue weighted by atomic mass is 35.5. The molecule has 1 aromatic rings. The van der Waals surface area contributed by atoms with Crippen LogP contribution in [0.2, 0.25) is 5.02 Å². The number of halogens is 4. The Bertz CT molecular complexity index is 664. The summed E-state index contributed by atoms with van der Waals surface area (Å²) < 4.78 is 37.9. The third-order valence-electron chi connectivity index (χ3n) is 2.70. The van der Waals surface area contributed by atoms with Crippen molar-refractivity contribution in [2.24, 2.45) is 10.7 Å². The fourth-order valence-electron chi connectivity index (χ4n) is 1.70. The van der Waals surface area contributed by atoms with Crippen molar-refractivity contribution in [1.29, 1.82) is 0 Å². The van der Waals surface area contributed by atoms with Gasteiger partial charge in [-0.15, -0.1) is 0 Å². The standard InChI is InChI=1S/C12H9ClF3N3O2S/c13-6-2-1-5(12(14,15)16)3-7(6)18-9(20)4-8-10(21)19-11(17)22-8/h1-3,8H,4H2,(H,18,20)(H2,17,19,21)/t8-/m0/s1. The van der Waals surface area contributed by atoms with Crippen LogP contribution in [0.25, 0.3) is 0 Å². The van der Waals surface area contributed by atoms with E-state index in [0.717, 1.165) is 30.0 Å². The third-order valence-corrected chi connectivity index (χ3v) is 4.01. The number of nitrogens with one attached hydrogen (secondary N) is 1. The smallest absolute Gasteiger partial charge is 0.378 e. The maximum atomic E-state index is 12.6. The van der Waals surface area contributed by atoms with Gasteiger partial charge in [0, 0.05) is 6.42 Å². The fraction of sp³-hybridized carbons (Fsp3) is 0.250. The maximum Gasteiger partial charge on any atom is 0.416 e. The summed E-state index contributed by atoms with van der Waals surface area (Å²) in [4.78, 5) is 26.7. The van der Waals surface area contributed by atoms with Crippen LogP contribution < -0.4 is 11.1 Å². The molecule has 1 atom stereocenters. The molecular weight excluding hydrogens is 343 g/mol. The van der Waals surface area contributed by atoms with Gasteiger partial charge in [0.15, 0.2) is 5.17 Å². The van der Waals surface area contributed by atoms with Gasteiger partial charge in [-0.05, 0) is 18.2 Å². The number of thioether (sulfide) groups is 1. The van der Waals surface area contributed by atoms with Gasteiger partial charge < -0.3 is 11.1 Å². The number of hydrogen-bond donors (Lipinski definition) is 2. The molecule has 1 aliphatic rings. The van der Waals surface area contributed by atoms with Crippen LogP contribution in [0.1, 0.15) is 12.0 Å². The summed E-state index contributed by atoms with van der Waals surface area (Å²) >= 11 is 6.69. The first-order chi connectivity index (χ1) is 10.2. The number of amidine groups is 1. The molecule has 0 saturated heterocycles. The van der Waals surface area contributed by atoms with E-state index >= 15 is 0 Å². The second kappa shape index (κ2) is 6.17. The number of hydrogen-bond acceptors (Lipinski definition) is 4. The lowest BCUT2D eigenvalue weighted by Crippen LogP contribution is -2.22. The molecule has 10 heteroatoms. The van der Waals surface area contributed by atoms with Crippen molar-refractivity contribution in [3.8, 4) is 0 Å². The molecule has 0 saturated carbocycles. The summed E-state index contributed by atoms with van der Waals surface area (Å²) in [5.41, 5.74) is 4.24. The van der Waals surface area contributed by atoms with E-state index in [-0.39, 0.29) is 22.3 Å². The number of rotatable bonds is 3. The average Bonchev–Trinajstić information content (AvgIpc) is 2.69. The summed E-state index contributed by atoms with van der Waals surface area (Å²) in [5, 5.41) is 1.50. The molecule has 1 aliphatic heterocycles. The van der Waals surface area contributed by atoms with Gasteiger partial charge in [0.2, 0.25) is 5.91 Å². The highest BCUT2D eigenvalue weighted by molar-refractivity contribution is 8.15. The Labute approximate surface area is 132 Å². The van der Waals surface area contributed by atoms with E-state index in [9.17, 15) is 22.8 Å². The van der Waals surface area contributed by atoms with Crippen LogP contribution in [-0.4, -0.2) is 22.2 Å². The van der Waals surface area contributed by atoms with Crippen LogP contribution in [0.3, 0.4) is 0 Å². The first kappa shape index (κ1) is 16.6. The lowest BCUT2D eigenvalue weighted by atomic mass is 10.2. The lowest BCUT2D eigenvalue weighted by molar-refractivity contribution is -0.137. The lowest BCUT2D eigenvalue weighted by Gasteiger charge is -2.12. The predicted molar refractivity (Wildman–Crippen MR) is 77.7 cm³/mol. The molecule has 3 N–H and O–H groups in total. The number of amides is 2. The van der Waals surface area contributed by atoms with E-state index in [0.29, 0.717) is 0 Å². The van der Waals surface area contributed by atoms with Gasteiger partial charge >= 0.3 is 6.18 Å². The molecule has 1 aromatic carbocycles. The fourth-order valence-corrected chi connectivity index (χ4v) is 2.69. The second-order valence-corrected chi connectivity index (χ2v) is 5.97. The van der Waals surface area contributed by atoms with Gasteiger partial charge in [-0.25, -0.2) is 0 Å². The zero-order valence-corrected chi connectivity index (χ0v) is 12.4. The van der Waals surface area contributed by atoms with Gasteiger partial charge in [-0.2, -0.15) is 18.2 Å². The number of benzene rings is 1. The average molecular weight is 352 g/mol. The van der Waals surface area contributed by atoms with Crippen LogP contribution in [0, 0.1) is 0 Å². The van der Waals surface area contributed by atoms with E-state index in [2.05, 4.69) is 10.3 Å². The molecule has 0 bridgehead atoms. The van der Waals surface area contributed by atoms with Crippen molar-refractivity contribution >= 4 is 46.0 Å². The van der Waals surface area contributed by atoms with Gasteiger partial charge in [-0.3, -0.25) is 9.59 Å². The Morgan fingerprint density at radius 2 is 2.14 bits per heavy atom. The molecule has 118 valence electrons. The topological polar surface area (TPSA) is 84.5 Å². The monoisotopic (exact) mass is 351 g/mol. The van der Waals surface area contributed by atoms with Gasteiger partial charge in [-0.1, -0.05) is 23.4 Å². The number of aliphatic imine (C=N–C) groups is 1. The highest BCUT2D eigenvalue weighted by Gasteiger charge is 2.32. The van der Waals surface area contributed by atoms with Crippen molar-refractivity contribution in [1.82, 2.24) is 0 Å². The van der Waals surface area contributed by atoms with Crippen LogP contribution in [0.5, 0.6) is 0 Å². The molecular formula is C12H9ClF3N3O2S. The van der Waals surface area contributed by atoms with Crippen LogP contribution in [0.4, 0.5) is 18.9 Å².